The van der Waals surface area contributed by atoms with Gasteiger partial charge >= 0.3 is 0 Å². The lowest BCUT2D eigenvalue weighted by Gasteiger charge is -2.24. The van der Waals surface area contributed by atoms with Crippen LogP contribution in [0.15, 0.2) is 174 Å². The highest BCUT2D eigenvalue weighted by atomic mass is 15.1. The normalized spacial score (nSPS) is 13.2. The standard InChI is InChI=1S/C47H39N.3C2H6/c1-5-32(6-2)36-26-29-40(30-36)48(38-15-8-7-9-16-38)39-27-24-34(25-28-39)33-20-22-35(23-21-33)45-41-17-11-10-14-37(41)31-44-46(45)42-18-12-13-19-43(42)47(44,3)4;3*1-2/h5,7-29,31H,6H2,1-4H3;3*1-2H3/b32-5+;;;. The van der Waals surface area contributed by atoms with Crippen molar-refractivity contribution in [3.05, 3.63) is 185 Å². The number of nitrogens with zero attached hydrogens (tertiary/aromatic N) is 1. The topological polar surface area (TPSA) is 3.24 Å². The van der Waals surface area contributed by atoms with Crippen LogP contribution in [0.2, 0.25) is 0 Å². The number of hydrogen-bond acceptors (Lipinski definition) is 1. The number of fused-ring (bicyclic) bond motifs is 4. The minimum Gasteiger partial charge on any atom is -0.304 e. The van der Waals surface area contributed by atoms with Gasteiger partial charge in [0, 0.05) is 22.4 Å². The predicted molar refractivity (Wildman–Crippen MR) is 239 cm³/mol. The van der Waals surface area contributed by atoms with Gasteiger partial charge in [-0.15, -0.1) is 0 Å². The molecule has 54 heavy (non-hydrogen) atoms. The Bertz CT molecular complexity index is 2310. The third-order valence-electron chi connectivity index (χ3n) is 10.2. The maximum atomic E-state index is 3.68. The van der Waals surface area contributed by atoms with E-state index < -0.39 is 0 Å². The second kappa shape index (κ2) is 17.9. The van der Waals surface area contributed by atoms with Gasteiger partial charge in [0.15, 0.2) is 0 Å². The van der Waals surface area contributed by atoms with Gasteiger partial charge in [-0.2, -0.15) is 0 Å². The van der Waals surface area contributed by atoms with Crippen LogP contribution in [0.25, 0.3) is 44.2 Å². The van der Waals surface area contributed by atoms with E-state index in [4.69, 9.17) is 0 Å². The van der Waals surface area contributed by atoms with E-state index in [-0.39, 0.29) is 5.41 Å². The van der Waals surface area contributed by atoms with Gasteiger partial charge < -0.3 is 4.90 Å². The van der Waals surface area contributed by atoms with Crippen molar-refractivity contribution in [2.75, 3.05) is 4.90 Å². The molecule has 0 N–H and O–H groups in total. The molecule has 2 aliphatic carbocycles. The summed E-state index contributed by atoms with van der Waals surface area (Å²) in [7, 11) is 0. The van der Waals surface area contributed by atoms with Crippen LogP contribution < -0.4 is 4.90 Å². The molecule has 0 saturated carbocycles. The molecule has 1 heteroatoms. The highest BCUT2D eigenvalue weighted by Gasteiger charge is 2.37. The molecule has 0 heterocycles. The second-order valence-electron chi connectivity index (χ2n) is 13.3. The van der Waals surface area contributed by atoms with Crippen LogP contribution in [0.1, 0.15) is 86.8 Å². The highest BCUT2D eigenvalue weighted by Crippen LogP contribution is 2.54. The monoisotopic (exact) mass is 707 g/mol. The molecule has 0 fully saturated rings. The minimum atomic E-state index is -0.0489. The van der Waals surface area contributed by atoms with E-state index in [0.717, 1.165) is 29.1 Å². The van der Waals surface area contributed by atoms with Gasteiger partial charge in [-0.3, -0.25) is 0 Å². The molecular weight excluding hydrogens is 651 g/mol. The fourth-order valence-electron chi connectivity index (χ4n) is 7.70. The zero-order chi connectivity index (χ0) is 38.8. The summed E-state index contributed by atoms with van der Waals surface area (Å²) in [6.45, 7) is 21.0. The zero-order valence-corrected chi connectivity index (χ0v) is 34.1. The Morgan fingerprint density at radius 3 is 1.80 bits per heavy atom. The quantitative estimate of drug-likeness (QED) is 0.149. The minimum absolute atomic E-state index is 0.0489. The average Bonchev–Trinajstić information content (AvgIpc) is 3.81. The van der Waals surface area contributed by atoms with Gasteiger partial charge in [-0.1, -0.05) is 177 Å². The molecule has 1 nitrogen and oxygen atoms in total. The van der Waals surface area contributed by atoms with Crippen molar-refractivity contribution < 1.29 is 0 Å². The number of benzene rings is 6. The van der Waals surface area contributed by atoms with Crippen LogP contribution in [0.3, 0.4) is 0 Å². The molecule has 2 aliphatic rings. The van der Waals surface area contributed by atoms with E-state index >= 15 is 0 Å². The maximum absolute atomic E-state index is 3.68. The molecule has 6 aromatic rings. The zero-order valence-electron chi connectivity index (χ0n) is 34.1. The Hall–Kier alpha value is -5.62. The first-order chi connectivity index (χ1) is 26.5. The van der Waals surface area contributed by atoms with Crippen molar-refractivity contribution in [2.45, 2.75) is 81.1 Å². The van der Waals surface area contributed by atoms with Crippen LogP contribution >= 0.6 is 0 Å². The average molecular weight is 708 g/mol. The van der Waals surface area contributed by atoms with Crippen molar-refractivity contribution in [1.29, 1.82) is 0 Å². The van der Waals surface area contributed by atoms with Crippen LogP contribution in [0.5, 0.6) is 0 Å². The lowest BCUT2D eigenvalue weighted by atomic mass is 9.80. The third kappa shape index (κ3) is 7.43. The first-order valence-electron chi connectivity index (χ1n) is 20.0. The Morgan fingerprint density at radius 2 is 1.15 bits per heavy atom. The lowest BCUT2D eigenvalue weighted by Crippen LogP contribution is -2.14. The van der Waals surface area contributed by atoms with E-state index in [1.807, 2.05) is 41.5 Å². The molecule has 0 aromatic heterocycles. The Balaban J connectivity index is 0.000000892. The van der Waals surface area contributed by atoms with Crippen LogP contribution in [0.4, 0.5) is 11.4 Å². The highest BCUT2D eigenvalue weighted by molar-refractivity contribution is 6.08. The molecule has 8 rings (SSSR count). The van der Waals surface area contributed by atoms with E-state index in [1.165, 1.54) is 60.9 Å². The first kappa shape index (κ1) is 39.6. The van der Waals surface area contributed by atoms with Crippen LogP contribution in [0, 0.1) is 0 Å². The Labute approximate surface area is 325 Å². The van der Waals surface area contributed by atoms with Crippen molar-refractivity contribution in [3.63, 3.8) is 0 Å². The summed E-state index contributed by atoms with van der Waals surface area (Å²) in [6.07, 6.45) is 7.54. The number of allylic oxidation sites excluding steroid dienone is 4. The molecule has 0 bridgehead atoms. The Morgan fingerprint density at radius 1 is 0.593 bits per heavy atom. The number of hydrogen-bond donors (Lipinski definition) is 0. The van der Waals surface area contributed by atoms with Crippen LogP contribution in [-0.2, 0) is 5.41 Å². The van der Waals surface area contributed by atoms with Gasteiger partial charge in [0.25, 0.3) is 0 Å². The van der Waals surface area contributed by atoms with E-state index in [0.29, 0.717) is 0 Å². The van der Waals surface area contributed by atoms with Crippen LogP contribution in [-0.4, -0.2) is 0 Å². The van der Waals surface area contributed by atoms with Gasteiger partial charge in [-0.25, -0.2) is 0 Å². The van der Waals surface area contributed by atoms with Crippen molar-refractivity contribution in [2.24, 2.45) is 0 Å². The SMILES string of the molecule is C/C=C(\CC)C1=C=C(N(c2ccccc2)c2ccc(-c3ccc(-c4c5c(cc6ccccc46)C(C)(C)c4ccccc4-5)cc3)cc2)C=C1.CC.CC.CC. The summed E-state index contributed by atoms with van der Waals surface area (Å²) < 4.78 is 0. The molecule has 0 saturated heterocycles. The summed E-state index contributed by atoms with van der Waals surface area (Å²) in [5, 5.41) is 2.59. The van der Waals surface area contributed by atoms with Gasteiger partial charge in [-0.05, 0) is 117 Å². The number of para-hydroxylation sites is 1. The van der Waals surface area contributed by atoms with Crippen molar-refractivity contribution in [3.8, 4) is 33.4 Å². The maximum Gasteiger partial charge on any atom is 0.0897 e. The molecule has 0 radical (unpaired) electrons. The summed E-state index contributed by atoms with van der Waals surface area (Å²) >= 11 is 0. The lowest BCUT2D eigenvalue weighted by molar-refractivity contribution is 0.661. The predicted octanol–water partition coefficient (Wildman–Crippen LogP) is 16.0. The fourth-order valence-corrected chi connectivity index (χ4v) is 7.70. The molecule has 0 atom stereocenters. The van der Waals surface area contributed by atoms with E-state index in [2.05, 4.69) is 190 Å². The smallest absolute Gasteiger partial charge is 0.0897 e. The molecular formula is C53H57N. The summed E-state index contributed by atoms with van der Waals surface area (Å²) in [5.41, 5.74) is 19.9. The molecule has 0 unspecified atom stereocenters. The molecule has 0 spiro atoms. The van der Waals surface area contributed by atoms with Gasteiger partial charge in [0.2, 0.25) is 0 Å². The van der Waals surface area contributed by atoms with Crippen molar-refractivity contribution >= 4 is 22.1 Å². The summed E-state index contributed by atoms with van der Waals surface area (Å²) in [6, 6.07) is 48.9. The Kier molecular flexibility index (Phi) is 13.1. The summed E-state index contributed by atoms with van der Waals surface area (Å²) in [5.74, 6) is 0. The third-order valence-corrected chi connectivity index (χ3v) is 10.2. The summed E-state index contributed by atoms with van der Waals surface area (Å²) in [4.78, 5) is 2.29. The molecule has 6 aromatic carbocycles. The fraction of sp³-hybridized carbons (Fsp3) is 0.226. The number of rotatable bonds is 7. The van der Waals surface area contributed by atoms with Gasteiger partial charge in [0.1, 0.15) is 0 Å². The number of anilines is 2. The van der Waals surface area contributed by atoms with Gasteiger partial charge in [0.05, 0.1) is 5.70 Å². The van der Waals surface area contributed by atoms with E-state index in [9.17, 15) is 0 Å². The largest absolute Gasteiger partial charge is 0.304 e. The second-order valence-corrected chi connectivity index (χ2v) is 13.3. The first-order valence-corrected chi connectivity index (χ1v) is 20.0. The molecule has 274 valence electrons. The van der Waals surface area contributed by atoms with Crippen molar-refractivity contribution in [1.82, 2.24) is 0 Å². The molecule has 0 aliphatic heterocycles. The van der Waals surface area contributed by atoms with E-state index in [1.54, 1.807) is 0 Å². The molecule has 0 amide bonds.